The lowest BCUT2D eigenvalue weighted by Crippen LogP contribution is -2.33. The highest BCUT2D eigenvalue weighted by Gasteiger charge is 2.37. The third kappa shape index (κ3) is 2.83. The van der Waals surface area contributed by atoms with E-state index in [1.807, 2.05) is 0 Å². The van der Waals surface area contributed by atoms with Crippen molar-refractivity contribution < 1.29 is 13.2 Å². The minimum Gasteiger partial charge on any atom is -0.349 e. The molecule has 0 atom stereocenters. The molecule has 0 N–H and O–H groups in total. The number of halogens is 5. The number of aromatic nitrogens is 3. The summed E-state index contributed by atoms with van der Waals surface area (Å²) in [6, 6.07) is 3.36. The highest BCUT2D eigenvalue weighted by atomic mass is 35.5. The van der Waals surface area contributed by atoms with Gasteiger partial charge in [0.25, 0.3) is 0 Å². The Labute approximate surface area is 133 Å². The van der Waals surface area contributed by atoms with Gasteiger partial charge >= 0.3 is 6.18 Å². The van der Waals surface area contributed by atoms with Gasteiger partial charge in [-0.2, -0.15) is 13.2 Å². The van der Waals surface area contributed by atoms with Gasteiger partial charge in [-0.15, -0.1) is 0 Å². The number of anilines is 1. The molecule has 0 amide bonds. The van der Waals surface area contributed by atoms with Crippen LogP contribution in [-0.2, 0) is 19.1 Å². The van der Waals surface area contributed by atoms with Crippen molar-refractivity contribution in [2.75, 3.05) is 11.4 Å². The Hall–Kier alpha value is -1.60. The van der Waals surface area contributed by atoms with Crippen molar-refractivity contribution in [2.24, 2.45) is 0 Å². The van der Waals surface area contributed by atoms with Crippen LogP contribution in [0.5, 0.6) is 0 Å². The van der Waals surface area contributed by atoms with Gasteiger partial charge in [0.15, 0.2) is 0 Å². The normalized spacial score (nSPS) is 14.9. The van der Waals surface area contributed by atoms with Crippen molar-refractivity contribution in [3.63, 3.8) is 0 Å². The van der Waals surface area contributed by atoms with Crippen LogP contribution in [-0.4, -0.2) is 21.5 Å². The van der Waals surface area contributed by atoms with Crippen LogP contribution in [0.15, 0.2) is 18.3 Å². The van der Waals surface area contributed by atoms with Crippen LogP contribution >= 0.6 is 23.2 Å². The summed E-state index contributed by atoms with van der Waals surface area (Å²) in [5, 5.41) is 0.284. The summed E-state index contributed by atoms with van der Waals surface area (Å²) in [7, 11) is 0. The fraction of sp³-hybridized carbons (Fsp3) is 0.308. The van der Waals surface area contributed by atoms with Gasteiger partial charge in [-0.3, -0.25) is 0 Å². The smallest absolute Gasteiger partial charge is 0.349 e. The average Bonchev–Trinajstić information content (AvgIpc) is 2.46. The third-order valence-corrected chi connectivity index (χ3v) is 3.91. The summed E-state index contributed by atoms with van der Waals surface area (Å²) in [6.07, 6.45) is -2.63. The van der Waals surface area contributed by atoms with Crippen molar-refractivity contribution in [3.05, 3.63) is 45.6 Å². The van der Waals surface area contributed by atoms with E-state index in [0.29, 0.717) is 29.4 Å². The monoisotopic (exact) mass is 348 g/mol. The van der Waals surface area contributed by atoms with Crippen molar-refractivity contribution in [3.8, 4) is 0 Å². The molecule has 2 aromatic rings. The van der Waals surface area contributed by atoms with E-state index in [4.69, 9.17) is 23.2 Å². The first-order valence-electron chi connectivity index (χ1n) is 6.34. The van der Waals surface area contributed by atoms with Crippen molar-refractivity contribution in [2.45, 2.75) is 19.1 Å². The fourth-order valence-electron chi connectivity index (χ4n) is 2.30. The second-order valence-electron chi connectivity index (χ2n) is 4.74. The van der Waals surface area contributed by atoms with Gasteiger partial charge < -0.3 is 4.90 Å². The molecule has 3 heterocycles. The van der Waals surface area contributed by atoms with E-state index >= 15 is 0 Å². The number of nitrogens with zero attached hydrogens (tertiary/aromatic N) is 4. The summed E-state index contributed by atoms with van der Waals surface area (Å²) < 4.78 is 38.4. The number of hydrogen-bond donors (Lipinski definition) is 0. The average molecular weight is 349 g/mol. The molecule has 1 aliphatic rings. The maximum absolute atomic E-state index is 12.8. The molecular weight excluding hydrogens is 340 g/mol. The third-order valence-electron chi connectivity index (χ3n) is 3.31. The molecule has 0 fully saturated rings. The molecule has 0 bridgehead atoms. The first-order valence-corrected chi connectivity index (χ1v) is 7.10. The Kier molecular flexibility index (Phi) is 3.86. The Balaban J connectivity index is 1.99. The summed E-state index contributed by atoms with van der Waals surface area (Å²) in [6.45, 7) is 0.676. The van der Waals surface area contributed by atoms with Crippen LogP contribution in [0.4, 0.5) is 19.0 Å². The molecule has 3 rings (SSSR count). The van der Waals surface area contributed by atoms with E-state index in [1.54, 1.807) is 23.2 Å². The number of fused-ring (bicyclic) bond motifs is 1. The van der Waals surface area contributed by atoms with Crippen molar-refractivity contribution in [1.82, 2.24) is 15.0 Å². The molecule has 4 nitrogen and oxygen atoms in total. The van der Waals surface area contributed by atoms with Crippen LogP contribution in [0.1, 0.15) is 17.1 Å². The van der Waals surface area contributed by atoms with E-state index in [0.717, 1.165) is 0 Å². The zero-order valence-electron chi connectivity index (χ0n) is 11.0. The Morgan fingerprint density at radius 2 is 1.95 bits per heavy atom. The SMILES string of the molecule is FC(F)(F)c1nc(Cl)c2c(n1)CN(c1ncccc1Cl)CC2. The topological polar surface area (TPSA) is 41.9 Å². The maximum Gasteiger partial charge on any atom is 0.451 e. The van der Waals surface area contributed by atoms with Crippen LogP contribution < -0.4 is 4.90 Å². The first kappa shape index (κ1) is 15.3. The predicted molar refractivity (Wildman–Crippen MR) is 76.0 cm³/mol. The quantitative estimate of drug-likeness (QED) is 0.736. The van der Waals surface area contributed by atoms with Crippen molar-refractivity contribution >= 4 is 29.0 Å². The molecule has 22 heavy (non-hydrogen) atoms. The number of alkyl halides is 3. The molecular formula is C13H9Cl2F3N4. The van der Waals surface area contributed by atoms with Crippen LogP contribution in [0.25, 0.3) is 0 Å². The van der Waals surface area contributed by atoms with Gasteiger partial charge in [-0.25, -0.2) is 15.0 Å². The van der Waals surface area contributed by atoms with Gasteiger partial charge in [-0.05, 0) is 18.6 Å². The zero-order chi connectivity index (χ0) is 15.9. The summed E-state index contributed by atoms with van der Waals surface area (Å²) in [5.74, 6) is -0.719. The van der Waals surface area contributed by atoms with E-state index < -0.39 is 12.0 Å². The van der Waals surface area contributed by atoms with Crippen molar-refractivity contribution in [1.29, 1.82) is 0 Å². The highest BCUT2D eigenvalue weighted by molar-refractivity contribution is 6.33. The van der Waals surface area contributed by atoms with E-state index in [9.17, 15) is 13.2 Å². The molecule has 0 radical (unpaired) electrons. The Morgan fingerprint density at radius 1 is 1.18 bits per heavy atom. The zero-order valence-corrected chi connectivity index (χ0v) is 12.5. The first-order chi connectivity index (χ1) is 10.4. The largest absolute Gasteiger partial charge is 0.451 e. The molecule has 9 heteroatoms. The lowest BCUT2D eigenvalue weighted by Gasteiger charge is -2.30. The second kappa shape index (κ2) is 5.55. The van der Waals surface area contributed by atoms with Gasteiger partial charge in [0.2, 0.25) is 5.82 Å². The van der Waals surface area contributed by atoms with Crippen LogP contribution in [0.2, 0.25) is 10.2 Å². The molecule has 0 saturated carbocycles. The molecule has 0 aromatic carbocycles. The van der Waals surface area contributed by atoms with E-state index in [-0.39, 0.29) is 17.4 Å². The highest BCUT2D eigenvalue weighted by Crippen LogP contribution is 2.33. The summed E-state index contributed by atoms with van der Waals surface area (Å²) in [5.41, 5.74) is 0.790. The standard InChI is InChI=1S/C13H9Cl2F3N4/c14-8-2-1-4-19-11(8)22-5-3-7-9(6-22)20-12(13(16,17)18)21-10(7)15/h1-2,4H,3,5-6H2. The summed E-state index contributed by atoms with van der Waals surface area (Å²) >= 11 is 11.9. The molecule has 0 unspecified atom stereocenters. The lowest BCUT2D eigenvalue weighted by molar-refractivity contribution is -0.145. The molecule has 0 saturated heterocycles. The van der Waals surface area contributed by atoms with E-state index in [1.165, 1.54) is 0 Å². The molecule has 0 spiro atoms. The van der Waals surface area contributed by atoms with E-state index in [2.05, 4.69) is 15.0 Å². The van der Waals surface area contributed by atoms with Gasteiger partial charge in [0.1, 0.15) is 11.0 Å². The summed E-state index contributed by atoms with van der Waals surface area (Å²) in [4.78, 5) is 12.9. The minimum absolute atomic E-state index is 0.149. The lowest BCUT2D eigenvalue weighted by atomic mass is 10.1. The molecule has 0 aliphatic carbocycles. The van der Waals surface area contributed by atoms with Crippen LogP contribution in [0.3, 0.4) is 0 Å². The Morgan fingerprint density at radius 3 is 2.64 bits per heavy atom. The maximum atomic E-state index is 12.8. The fourth-order valence-corrected chi connectivity index (χ4v) is 2.83. The minimum atomic E-state index is -4.64. The van der Waals surface area contributed by atoms with Gasteiger partial charge in [0.05, 0.1) is 17.3 Å². The molecule has 116 valence electrons. The van der Waals surface area contributed by atoms with Crippen LogP contribution in [0, 0.1) is 0 Å². The number of pyridine rings is 1. The molecule has 2 aromatic heterocycles. The number of hydrogen-bond acceptors (Lipinski definition) is 4. The number of rotatable bonds is 1. The van der Waals surface area contributed by atoms with Gasteiger partial charge in [0, 0.05) is 18.3 Å². The molecule has 1 aliphatic heterocycles. The predicted octanol–water partition coefficient (Wildman–Crippen LogP) is 3.76. The second-order valence-corrected chi connectivity index (χ2v) is 5.51. The Bertz CT molecular complexity index is 721. The van der Waals surface area contributed by atoms with Gasteiger partial charge in [-0.1, -0.05) is 23.2 Å².